The quantitative estimate of drug-likeness (QED) is 0.683. The molecule has 0 bridgehead atoms. The molecule has 3 aliphatic heterocycles. The number of benzene rings is 2. The van der Waals surface area contributed by atoms with Crippen LogP contribution >= 0.6 is 0 Å². The van der Waals surface area contributed by atoms with Gasteiger partial charge in [0.25, 0.3) is 5.91 Å². The van der Waals surface area contributed by atoms with Gasteiger partial charge < -0.3 is 24.8 Å². The summed E-state index contributed by atoms with van der Waals surface area (Å²) >= 11 is 0. The number of hydrogen-bond donors (Lipinski definition) is 2. The molecular formula is C27H35N3O4. The molecule has 2 N–H and O–H groups in total. The van der Waals surface area contributed by atoms with E-state index >= 15 is 0 Å². The maximum absolute atomic E-state index is 13.3. The number of rotatable bonds is 6. The smallest absolute Gasteiger partial charge is 0.257 e. The lowest BCUT2D eigenvalue weighted by molar-refractivity contribution is 0.0454. The van der Waals surface area contributed by atoms with Crippen molar-refractivity contribution < 1.29 is 19.4 Å². The first kappa shape index (κ1) is 23.1. The number of carbonyl (C=O) groups is 1. The van der Waals surface area contributed by atoms with Crippen molar-refractivity contribution >= 4 is 5.91 Å². The second-order valence-electron chi connectivity index (χ2n) is 9.77. The number of aliphatic hydroxyl groups excluding tert-OH is 1. The molecule has 0 aliphatic carbocycles. The fourth-order valence-electron chi connectivity index (χ4n) is 5.25. The van der Waals surface area contributed by atoms with Gasteiger partial charge in [-0.25, -0.2) is 0 Å². The molecule has 3 heterocycles. The van der Waals surface area contributed by atoms with Gasteiger partial charge in [-0.3, -0.25) is 9.69 Å². The van der Waals surface area contributed by atoms with E-state index in [1.54, 1.807) is 11.0 Å². The molecule has 1 fully saturated rings. The van der Waals surface area contributed by atoms with Crippen LogP contribution in [0, 0.1) is 0 Å². The molecule has 0 aromatic heterocycles. The molecule has 1 unspecified atom stereocenters. The topological polar surface area (TPSA) is 74.3 Å². The van der Waals surface area contributed by atoms with Gasteiger partial charge in [0.1, 0.15) is 23.7 Å². The zero-order chi connectivity index (χ0) is 23.5. The van der Waals surface area contributed by atoms with Gasteiger partial charge in [0, 0.05) is 32.2 Å². The third-order valence-corrected chi connectivity index (χ3v) is 6.98. The van der Waals surface area contributed by atoms with E-state index < -0.39 is 6.10 Å². The van der Waals surface area contributed by atoms with E-state index in [2.05, 4.69) is 34.5 Å². The normalized spacial score (nSPS) is 22.4. The lowest BCUT2D eigenvalue weighted by Gasteiger charge is -2.32. The van der Waals surface area contributed by atoms with Crippen molar-refractivity contribution in [3.8, 4) is 11.5 Å². The largest absolute Gasteiger partial charge is 0.490 e. The van der Waals surface area contributed by atoms with Crippen LogP contribution in [0.1, 0.15) is 41.3 Å². The van der Waals surface area contributed by atoms with E-state index in [1.807, 2.05) is 19.1 Å². The Morgan fingerprint density at radius 3 is 2.76 bits per heavy atom. The number of nitrogens with one attached hydrogen (secondary N) is 1. The number of aliphatic hydroxyl groups is 1. The molecule has 2 aromatic carbocycles. The van der Waals surface area contributed by atoms with Crippen molar-refractivity contribution in [2.24, 2.45) is 0 Å². The molecule has 7 nitrogen and oxygen atoms in total. The minimum Gasteiger partial charge on any atom is -0.490 e. The fraction of sp³-hybridized carbons (Fsp3) is 0.519. The third-order valence-electron chi connectivity index (χ3n) is 6.98. The molecule has 34 heavy (non-hydrogen) atoms. The molecular weight excluding hydrogens is 430 g/mol. The Balaban J connectivity index is 1.22. The van der Waals surface area contributed by atoms with Gasteiger partial charge >= 0.3 is 0 Å². The lowest BCUT2D eigenvalue weighted by Crippen LogP contribution is -2.45. The average Bonchev–Trinajstić information content (AvgIpc) is 2.95. The molecule has 7 heteroatoms. The Morgan fingerprint density at radius 2 is 1.94 bits per heavy atom. The summed E-state index contributed by atoms with van der Waals surface area (Å²) in [7, 11) is 0. The number of amides is 1. The summed E-state index contributed by atoms with van der Waals surface area (Å²) in [4.78, 5) is 17.3. The third kappa shape index (κ3) is 5.37. The molecule has 0 radical (unpaired) electrons. The minimum atomic E-state index is -0.620. The predicted molar refractivity (Wildman–Crippen MR) is 130 cm³/mol. The molecule has 182 valence electrons. The summed E-state index contributed by atoms with van der Waals surface area (Å²) in [5.74, 6) is 1.20. The van der Waals surface area contributed by atoms with Crippen LogP contribution in [0.3, 0.4) is 0 Å². The van der Waals surface area contributed by atoms with E-state index in [0.717, 1.165) is 51.2 Å². The first-order valence-corrected chi connectivity index (χ1v) is 12.5. The van der Waals surface area contributed by atoms with Gasteiger partial charge in [0.2, 0.25) is 0 Å². The number of fused-ring (bicyclic) bond motifs is 2. The SMILES string of the molecule is CC1CN(C[C@H](O)CN2CCc3ccccc3C2)C(=O)c2ccc(OC3CCNCC3)cc2O1. The Hall–Kier alpha value is -2.61. The highest BCUT2D eigenvalue weighted by Gasteiger charge is 2.30. The molecule has 0 spiro atoms. The van der Waals surface area contributed by atoms with E-state index in [1.165, 1.54) is 11.1 Å². The molecule has 2 aromatic rings. The standard InChI is InChI=1S/C27H35N3O4/c1-19-15-30(18-22(31)17-29-13-10-20-4-2-3-5-21(20)16-29)27(32)25-7-6-24(14-26(25)33-19)34-23-8-11-28-12-9-23/h2-7,14,19,22-23,28,31H,8-13,15-18H2,1H3/t19?,22-/m1/s1. The summed E-state index contributed by atoms with van der Waals surface area (Å²) in [5.41, 5.74) is 3.24. The van der Waals surface area contributed by atoms with E-state index in [9.17, 15) is 9.90 Å². The van der Waals surface area contributed by atoms with Crippen molar-refractivity contribution in [1.29, 1.82) is 0 Å². The molecule has 5 rings (SSSR count). The van der Waals surface area contributed by atoms with Gasteiger partial charge in [-0.15, -0.1) is 0 Å². The first-order valence-electron chi connectivity index (χ1n) is 12.5. The van der Waals surface area contributed by atoms with Crippen molar-refractivity contribution in [2.45, 2.75) is 51.0 Å². The zero-order valence-electron chi connectivity index (χ0n) is 19.9. The fourth-order valence-corrected chi connectivity index (χ4v) is 5.25. The highest BCUT2D eigenvalue weighted by atomic mass is 16.5. The van der Waals surface area contributed by atoms with Crippen molar-refractivity contribution in [1.82, 2.24) is 15.1 Å². The summed E-state index contributed by atoms with van der Waals surface area (Å²) in [5, 5.41) is 14.2. The van der Waals surface area contributed by atoms with Crippen LogP contribution in [0.4, 0.5) is 0 Å². The van der Waals surface area contributed by atoms with Gasteiger partial charge in [-0.1, -0.05) is 24.3 Å². The highest BCUT2D eigenvalue weighted by molar-refractivity contribution is 5.97. The lowest BCUT2D eigenvalue weighted by atomic mass is 10.00. The number of hydrogen-bond acceptors (Lipinski definition) is 6. The number of carbonyl (C=O) groups excluding carboxylic acids is 1. The van der Waals surface area contributed by atoms with Gasteiger partial charge in [-0.05, 0) is 62.5 Å². The monoisotopic (exact) mass is 465 g/mol. The average molecular weight is 466 g/mol. The predicted octanol–water partition coefficient (Wildman–Crippen LogP) is 2.46. The summed E-state index contributed by atoms with van der Waals surface area (Å²) in [6, 6.07) is 14.0. The molecule has 2 atom stereocenters. The van der Waals surface area contributed by atoms with Gasteiger partial charge in [0.15, 0.2) is 0 Å². The summed E-state index contributed by atoms with van der Waals surface area (Å²) in [6.45, 7) is 6.92. The van der Waals surface area contributed by atoms with Crippen LogP contribution in [-0.2, 0) is 13.0 Å². The summed E-state index contributed by atoms with van der Waals surface area (Å²) < 4.78 is 12.3. The van der Waals surface area contributed by atoms with Crippen LogP contribution in [0.25, 0.3) is 0 Å². The van der Waals surface area contributed by atoms with Gasteiger partial charge in [-0.2, -0.15) is 0 Å². The molecule has 0 saturated carbocycles. The second kappa shape index (κ2) is 10.3. The Kier molecular flexibility index (Phi) is 7.04. The number of nitrogens with zero attached hydrogens (tertiary/aromatic N) is 2. The second-order valence-corrected chi connectivity index (χ2v) is 9.77. The molecule has 1 saturated heterocycles. The maximum atomic E-state index is 13.3. The van der Waals surface area contributed by atoms with Crippen LogP contribution in [0.5, 0.6) is 11.5 Å². The van der Waals surface area contributed by atoms with Crippen LogP contribution in [-0.4, -0.2) is 78.4 Å². The van der Waals surface area contributed by atoms with Crippen molar-refractivity contribution in [3.05, 3.63) is 59.2 Å². The number of piperidine rings is 1. The number of β-amino-alcohol motifs (C(OH)–C–C–N with tert-alkyl or cyclic N) is 1. The number of ether oxygens (including phenoxy) is 2. The van der Waals surface area contributed by atoms with E-state index in [0.29, 0.717) is 24.4 Å². The van der Waals surface area contributed by atoms with Crippen LogP contribution in [0.2, 0.25) is 0 Å². The maximum Gasteiger partial charge on any atom is 0.257 e. The van der Waals surface area contributed by atoms with E-state index in [-0.39, 0.29) is 24.7 Å². The first-order chi connectivity index (χ1) is 16.5. The molecule has 3 aliphatic rings. The highest BCUT2D eigenvalue weighted by Crippen LogP contribution is 2.31. The van der Waals surface area contributed by atoms with Crippen LogP contribution in [0.15, 0.2) is 42.5 Å². The van der Waals surface area contributed by atoms with Crippen molar-refractivity contribution in [3.63, 3.8) is 0 Å². The molecule has 1 amide bonds. The van der Waals surface area contributed by atoms with Crippen molar-refractivity contribution in [2.75, 3.05) is 39.3 Å². The van der Waals surface area contributed by atoms with Crippen LogP contribution < -0.4 is 14.8 Å². The Morgan fingerprint density at radius 1 is 1.15 bits per heavy atom. The van der Waals surface area contributed by atoms with E-state index in [4.69, 9.17) is 9.47 Å². The van der Waals surface area contributed by atoms with Gasteiger partial charge in [0.05, 0.1) is 18.2 Å². The Bertz CT molecular complexity index is 1010. The zero-order valence-corrected chi connectivity index (χ0v) is 19.9. The summed E-state index contributed by atoms with van der Waals surface area (Å²) in [6.07, 6.45) is 2.33. The minimum absolute atomic E-state index is 0.101. The Labute approximate surface area is 201 Å².